The van der Waals surface area contributed by atoms with Crippen molar-refractivity contribution >= 4 is 35.1 Å². The maximum Gasteiger partial charge on any atom is 0.490 e. The van der Waals surface area contributed by atoms with E-state index >= 15 is 0 Å². The third-order valence-electron chi connectivity index (χ3n) is 7.45. The van der Waals surface area contributed by atoms with Crippen LogP contribution in [-0.2, 0) is 4.79 Å². The fourth-order valence-corrected chi connectivity index (χ4v) is 5.36. The molecule has 2 aliphatic rings. The Morgan fingerprint density at radius 2 is 1.64 bits per heavy atom. The number of halogens is 4. The van der Waals surface area contributed by atoms with Crippen LogP contribution >= 0.6 is 11.6 Å². The molecule has 0 radical (unpaired) electrons. The number of nitrogens with zero attached hydrogens (tertiary/aromatic N) is 4. The zero-order valence-corrected chi connectivity index (χ0v) is 25.7. The number of hydrogen-bond donors (Lipinski definition) is 3. The van der Waals surface area contributed by atoms with Crippen molar-refractivity contribution in [3.8, 4) is 0 Å². The first kappa shape index (κ1) is 35.3. The molecular weight excluding hydrogens is 619 g/mol. The Balaban J connectivity index is 0.000000302. The van der Waals surface area contributed by atoms with Crippen molar-refractivity contribution in [1.29, 1.82) is 0 Å². The van der Waals surface area contributed by atoms with Crippen LogP contribution in [0.25, 0.3) is 0 Å². The highest BCUT2D eigenvalue weighted by molar-refractivity contribution is 6.31. The molecule has 3 N–H and O–H groups in total. The zero-order chi connectivity index (χ0) is 33.3. The lowest BCUT2D eigenvalue weighted by Gasteiger charge is -2.23. The van der Waals surface area contributed by atoms with E-state index < -0.39 is 18.1 Å². The second-order valence-electron chi connectivity index (χ2n) is 10.8. The molecule has 2 aliphatic heterocycles. The highest BCUT2D eigenvalue weighted by atomic mass is 35.5. The second-order valence-corrected chi connectivity index (χ2v) is 11.2. The monoisotopic (exact) mass is 653 g/mol. The van der Waals surface area contributed by atoms with Gasteiger partial charge < -0.3 is 29.9 Å². The van der Waals surface area contributed by atoms with Crippen LogP contribution in [0.3, 0.4) is 0 Å². The van der Waals surface area contributed by atoms with Crippen LogP contribution in [0.2, 0.25) is 5.02 Å². The van der Waals surface area contributed by atoms with E-state index in [0.29, 0.717) is 11.8 Å². The van der Waals surface area contributed by atoms with Gasteiger partial charge in [0.25, 0.3) is 5.91 Å². The molecule has 11 nitrogen and oxygen atoms in total. The van der Waals surface area contributed by atoms with Gasteiger partial charge in [0.1, 0.15) is 0 Å². The highest BCUT2D eigenvalue weighted by Gasteiger charge is 2.42. The van der Waals surface area contributed by atoms with Crippen molar-refractivity contribution in [3.05, 3.63) is 75.9 Å². The quantitative estimate of drug-likeness (QED) is 0.292. The Labute approximate surface area is 263 Å². The number of alkyl halides is 3. The lowest BCUT2D eigenvalue weighted by molar-refractivity contribution is -0.192. The Morgan fingerprint density at radius 3 is 2.13 bits per heavy atom. The molecule has 0 saturated carbocycles. The smallest absolute Gasteiger partial charge is 0.475 e. The Kier molecular flexibility index (Phi) is 12.3. The van der Waals surface area contributed by atoms with E-state index in [-0.39, 0.29) is 11.7 Å². The van der Waals surface area contributed by atoms with Crippen molar-refractivity contribution in [2.24, 2.45) is 11.8 Å². The predicted molar refractivity (Wildman–Crippen MR) is 159 cm³/mol. The van der Waals surface area contributed by atoms with Crippen molar-refractivity contribution in [2.75, 3.05) is 44.6 Å². The van der Waals surface area contributed by atoms with E-state index in [4.69, 9.17) is 26.6 Å². The molecule has 244 valence electrons. The average Bonchev–Trinajstić information content (AvgIpc) is 3.71. The number of carbonyl (C=O) groups is 3. The van der Waals surface area contributed by atoms with Crippen LogP contribution in [0.1, 0.15) is 44.2 Å². The number of carbonyl (C=O) groups excluding carboxylic acids is 1. The summed E-state index contributed by atoms with van der Waals surface area (Å²) in [6.45, 7) is 11.9. The van der Waals surface area contributed by atoms with Gasteiger partial charge in [-0.2, -0.15) is 13.2 Å². The van der Waals surface area contributed by atoms with Crippen LogP contribution in [0.5, 0.6) is 0 Å². The van der Waals surface area contributed by atoms with E-state index in [1.54, 1.807) is 6.20 Å². The number of fused-ring (bicyclic) bond motifs is 1. The van der Waals surface area contributed by atoms with Crippen molar-refractivity contribution in [1.82, 2.24) is 19.9 Å². The van der Waals surface area contributed by atoms with Gasteiger partial charge in [0.15, 0.2) is 0 Å². The lowest BCUT2D eigenvalue weighted by atomic mass is 10.0. The Hall–Kier alpha value is -4.17. The molecule has 2 atom stereocenters. The van der Waals surface area contributed by atoms with Gasteiger partial charge in [-0.3, -0.25) is 9.78 Å². The number of amides is 1. The molecule has 15 heteroatoms. The summed E-state index contributed by atoms with van der Waals surface area (Å²) in [5.74, 6) is -2.65. The van der Waals surface area contributed by atoms with Crippen LogP contribution in [-0.4, -0.2) is 93.4 Å². The molecule has 2 saturated heterocycles. The lowest BCUT2D eigenvalue weighted by Crippen LogP contribution is -2.34. The van der Waals surface area contributed by atoms with Gasteiger partial charge in [0, 0.05) is 55.7 Å². The van der Waals surface area contributed by atoms with E-state index in [0.717, 1.165) is 78.8 Å². The number of anilines is 1. The highest BCUT2D eigenvalue weighted by Crippen LogP contribution is 2.32. The molecule has 2 unspecified atom stereocenters. The summed E-state index contributed by atoms with van der Waals surface area (Å²) in [6, 6.07) is 9.33. The molecule has 2 fully saturated rings. The number of likely N-dealkylation sites (tertiary alicyclic amines) is 2. The number of carboxylic acid groups (broad SMARTS) is 2. The standard InChI is InChI=1S/C24H31ClN4O.C4H3NO3.C2HF3O2/c1-16-5-6-21(11-22(16)25)27-8-4-10-28-12-19-14-29(15-20(19)13-28)24(30)23-17(2)7-9-26-18(23)3;6-4(7)3-1-2-5-8-3;3-2(4,5)1(6)7/h5-7,9,11,19-20,27H,4,8,10,12-15H2,1-3H3;1-2H,(H,6,7);(H,6,7). The first-order chi connectivity index (χ1) is 21.2. The minimum absolute atomic E-state index is 0.134. The molecule has 0 bridgehead atoms. The van der Waals surface area contributed by atoms with Crippen molar-refractivity contribution in [3.63, 3.8) is 0 Å². The van der Waals surface area contributed by atoms with E-state index in [1.807, 2.05) is 43.9 Å². The average molecular weight is 654 g/mol. The van der Waals surface area contributed by atoms with Gasteiger partial charge in [-0.25, -0.2) is 9.59 Å². The Morgan fingerprint density at radius 1 is 1.00 bits per heavy atom. The van der Waals surface area contributed by atoms with E-state index in [9.17, 15) is 22.8 Å². The van der Waals surface area contributed by atoms with Crippen LogP contribution in [0.15, 0.2) is 47.2 Å². The number of aliphatic carboxylic acids is 1. The van der Waals surface area contributed by atoms with Gasteiger partial charge in [-0.15, -0.1) is 0 Å². The van der Waals surface area contributed by atoms with E-state index in [2.05, 4.69) is 30.9 Å². The van der Waals surface area contributed by atoms with Crippen molar-refractivity contribution in [2.45, 2.75) is 33.4 Å². The number of benzene rings is 1. The molecule has 4 heterocycles. The van der Waals surface area contributed by atoms with E-state index in [1.165, 1.54) is 12.3 Å². The normalized spacial score (nSPS) is 17.4. The number of hydrogen-bond acceptors (Lipinski definition) is 8. The van der Waals surface area contributed by atoms with Crippen LogP contribution in [0, 0.1) is 32.6 Å². The minimum atomic E-state index is -5.08. The molecule has 2 aromatic heterocycles. The summed E-state index contributed by atoms with van der Waals surface area (Å²) in [7, 11) is 0. The fourth-order valence-electron chi connectivity index (χ4n) is 5.18. The molecule has 3 aromatic rings. The number of rotatable bonds is 7. The SMILES string of the molecule is Cc1ccc(NCCCN2CC3CN(C(=O)c4c(C)ccnc4C)CC3C2)cc1Cl.O=C(O)C(F)(F)F.O=C(O)c1ccno1. The van der Waals surface area contributed by atoms with Gasteiger partial charge in [0.05, 0.1) is 17.5 Å². The summed E-state index contributed by atoms with van der Waals surface area (Å²) in [4.78, 5) is 40.8. The number of nitrogens with one attached hydrogen (secondary N) is 1. The third-order valence-corrected chi connectivity index (χ3v) is 7.86. The summed E-state index contributed by atoms with van der Waals surface area (Å²) >= 11 is 6.20. The van der Waals surface area contributed by atoms with Gasteiger partial charge in [-0.1, -0.05) is 22.8 Å². The third kappa shape index (κ3) is 10.2. The summed E-state index contributed by atoms with van der Waals surface area (Å²) in [6.07, 6.45) is -0.925. The number of aryl methyl sites for hydroxylation is 3. The first-order valence-electron chi connectivity index (χ1n) is 14.0. The second kappa shape index (κ2) is 15.7. The number of pyridine rings is 1. The number of aromatic nitrogens is 2. The molecular formula is C30H35ClF3N5O6. The maximum absolute atomic E-state index is 13.0. The predicted octanol–water partition coefficient (Wildman–Crippen LogP) is 5.17. The van der Waals surface area contributed by atoms with Gasteiger partial charge in [0.2, 0.25) is 5.76 Å². The van der Waals surface area contributed by atoms with Crippen LogP contribution < -0.4 is 5.32 Å². The number of aromatic carboxylic acids is 1. The summed E-state index contributed by atoms with van der Waals surface area (Å²) < 4.78 is 36.0. The molecule has 45 heavy (non-hydrogen) atoms. The Bertz CT molecular complexity index is 1440. The molecule has 1 aromatic carbocycles. The molecule has 1 amide bonds. The van der Waals surface area contributed by atoms with Crippen LogP contribution in [0.4, 0.5) is 18.9 Å². The molecule has 5 rings (SSSR count). The zero-order valence-electron chi connectivity index (χ0n) is 25.0. The first-order valence-corrected chi connectivity index (χ1v) is 14.4. The molecule has 0 spiro atoms. The van der Waals surface area contributed by atoms with Gasteiger partial charge >= 0.3 is 18.1 Å². The topological polar surface area (TPSA) is 149 Å². The van der Waals surface area contributed by atoms with Crippen molar-refractivity contribution < 1.29 is 42.3 Å². The summed E-state index contributed by atoms with van der Waals surface area (Å²) in [5.41, 5.74) is 4.83. The fraction of sp³-hybridized carbons (Fsp3) is 0.433. The largest absolute Gasteiger partial charge is 0.490 e. The maximum atomic E-state index is 13.0. The van der Waals surface area contributed by atoms with Gasteiger partial charge in [-0.05, 0) is 74.9 Å². The summed E-state index contributed by atoms with van der Waals surface area (Å²) in [5, 5.41) is 22.7. The molecule has 0 aliphatic carbocycles. The number of carboxylic acids is 2. The minimum Gasteiger partial charge on any atom is -0.475 e.